The zero-order valence-electron chi connectivity index (χ0n) is 13.4. The number of nitrogens with zero attached hydrogens (tertiary/aromatic N) is 1. The molecule has 1 amide bonds. The van der Waals surface area contributed by atoms with Crippen LogP contribution >= 0.6 is 56.8 Å². The summed E-state index contributed by atoms with van der Waals surface area (Å²) < 4.78 is 7.12. The quantitative estimate of drug-likeness (QED) is 0.308. The van der Waals surface area contributed by atoms with Crippen molar-refractivity contribution in [3.05, 3.63) is 54.1 Å². The van der Waals surface area contributed by atoms with Crippen LogP contribution in [0, 0.1) is 7.14 Å². The second-order valence-electron chi connectivity index (χ2n) is 5.60. The molecule has 2 aromatic carbocycles. The van der Waals surface area contributed by atoms with E-state index in [-0.39, 0.29) is 11.7 Å². The molecule has 0 heterocycles. The predicted molar refractivity (Wildman–Crippen MR) is 115 cm³/mol. The number of amides is 1. The summed E-state index contributed by atoms with van der Waals surface area (Å²) in [5.41, 5.74) is 2.13. The van der Waals surface area contributed by atoms with Gasteiger partial charge in [-0.3, -0.25) is 4.79 Å². The highest BCUT2D eigenvalue weighted by atomic mass is 127. The highest BCUT2D eigenvalue weighted by Crippen LogP contribution is 2.26. The summed E-state index contributed by atoms with van der Waals surface area (Å²) in [5.74, 6) is 0.387. The number of hydrazone groups is 1. The van der Waals surface area contributed by atoms with Crippen molar-refractivity contribution < 1.29 is 14.6 Å². The number of phenols is 1. The van der Waals surface area contributed by atoms with Crippen molar-refractivity contribution in [2.24, 2.45) is 5.10 Å². The Hall–Kier alpha value is -1.07. The van der Waals surface area contributed by atoms with Gasteiger partial charge in [0.05, 0.1) is 13.4 Å². The first-order valence-electron chi connectivity index (χ1n) is 7.15. The van der Waals surface area contributed by atoms with Crippen LogP contribution in [0.15, 0.2) is 41.5 Å². The lowest BCUT2D eigenvalue weighted by molar-refractivity contribution is -0.134. The minimum absolute atomic E-state index is 0.236. The molecule has 2 N–H and O–H groups in total. The van der Waals surface area contributed by atoms with Gasteiger partial charge in [-0.1, -0.05) is 11.6 Å². The smallest absolute Gasteiger partial charge is 0.283 e. The number of nitrogens with one attached hydrogen (secondary N) is 1. The molecule has 0 aliphatic heterocycles. The van der Waals surface area contributed by atoms with Gasteiger partial charge in [-0.25, -0.2) is 5.43 Å². The van der Waals surface area contributed by atoms with E-state index in [9.17, 15) is 9.90 Å². The Morgan fingerprint density at radius 1 is 1.24 bits per heavy atom. The van der Waals surface area contributed by atoms with Crippen molar-refractivity contribution in [2.45, 2.75) is 19.4 Å². The standard InChI is InChI=1S/C17H15ClI2N2O3/c1-17(2,25-12-5-3-11(18)4-6-12)16(24)22-21-9-10-7-13(19)15(23)14(20)8-10/h3-9,23H,1-2H3,(H,22,24)/b21-9+. The Kier molecular flexibility index (Phi) is 6.92. The molecule has 8 heteroatoms. The lowest BCUT2D eigenvalue weighted by Gasteiger charge is -2.24. The monoisotopic (exact) mass is 584 g/mol. The van der Waals surface area contributed by atoms with E-state index in [1.807, 2.05) is 45.2 Å². The fourth-order valence-electron chi connectivity index (χ4n) is 1.80. The third-order valence-corrected chi connectivity index (χ3v) is 5.05. The minimum atomic E-state index is -1.11. The first-order chi connectivity index (χ1) is 11.7. The summed E-state index contributed by atoms with van der Waals surface area (Å²) >= 11 is 9.90. The van der Waals surface area contributed by atoms with Crippen LogP contribution in [0.5, 0.6) is 11.5 Å². The molecule has 25 heavy (non-hydrogen) atoms. The molecule has 2 rings (SSSR count). The van der Waals surface area contributed by atoms with Gasteiger partial charge in [0.25, 0.3) is 5.91 Å². The van der Waals surface area contributed by atoms with Gasteiger partial charge in [-0.2, -0.15) is 5.10 Å². The third kappa shape index (κ3) is 5.71. The van der Waals surface area contributed by atoms with Gasteiger partial charge in [-0.15, -0.1) is 0 Å². The highest BCUT2D eigenvalue weighted by molar-refractivity contribution is 14.1. The molecule has 0 unspecified atom stereocenters. The average Bonchev–Trinajstić information content (AvgIpc) is 2.54. The van der Waals surface area contributed by atoms with E-state index in [4.69, 9.17) is 16.3 Å². The van der Waals surface area contributed by atoms with Crippen LogP contribution in [0.2, 0.25) is 5.02 Å². The summed E-state index contributed by atoms with van der Waals surface area (Å²) in [6.07, 6.45) is 1.51. The SMILES string of the molecule is CC(C)(Oc1ccc(Cl)cc1)C(=O)N/N=C/c1cc(I)c(O)c(I)c1. The zero-order valence-corrected chi connectivity index (χ0v) is 18.5. The van der Waals surface area contributed by atoms with Gasteiger partial charge in [0, 0.05) is 5.02 Å². The molecular formula is C17H15ClI2N2O3. The van der Waals surface area contributed by atoms with Crippen molar-refractivity contribution in [3.8, 4) is 11.5 Å². The predicted octanol–water partition coefficient (Wildman–Crippen LogP) is 4.56. The maximum atomic E-state index is 12.3. The van der Waals surface area contributed by atoms with Crippen molar-refractivity contribution in [1.29, 1.82) is 0 Å². The van der Waals surface area contributed by atoms with Crippen LogP contribution in [0.1, 0.15) is 19.4 Å². The number of ether oxygens (including phenoxy) is 1. The second kappa shape index (κ2) is 8.54. The normalized spacial score (nSPS) is 11.6. The van der Waals surface area contributed by atoms with E-state index in [1.165, 1.54) is 6.21 Å². The maximum absolute atomic E-state index is 12.3. The molecule has 2 aromatic rings. The van der Waals surface area contributed by atoms with Gasteiger partial charge >= 0.3 is 0 Å². The molecule has 0 aliphatic rings. The fraction of sp³-hybridized carbons (Fsp3) is 0.176. The van der Waals surface area contributed by atoms with Crippen molar-refractivity contribution in [2.75, 3.05) is 0 Å². The number of halogens is 3. The topological polar surface area (TPSA) is 70.9 Å². The summed E-state index contributed by atoms with van der Waals surface area (Å²) in [5, 5.41) is 14.3. The van der Waals surface area contributed by atoms with E-state index in [0.717, 1.165) is 5.56 Å². The van der Waals surface area contributed by atoms with Gasteiger partial charge in [-0.05, 0) is 101 Å². The number of benzene rings is 2. The Morgan fingerprint density at radius 2 is 1.80 bits per heavy atom. The first kappa shape index (κ1) is 20.2. The number of phenolic OH excluding ortho intramolecular Hbond substituents is 1. The third-order valence-electron chi connectivity index (χ3n) is 3.15. The summed E-state index contributed by atoms with van der Waals surface area (Å²) in [6.45, 7) is 3.30. The molecule has 0 fully saturated rings. The van der Waals surface area contributed by atoms with Crippen LogP contribution in [-0.4, -0.2) is 22.8 Å². The molecule has 0 bridgehead atoms. The molecule has 0 spiro atoms. The molecule has 5 nitrogen and oxygen atoms in total. The number of aromatic hydroxyl groups is 1. The van der Waals surface area contributed by atoms with E-state index < -0.39 is 5.60 Å². The van der Waals surface area contributed by atoms with Crippen molar-refractivity contribution >= 4 is 68.9 Å². The second-order valence-corrected chi connectivity index (χ2v) is 8.36. The largest absolute Gasteiger partial charge is 0.506 e. The van der Waals surface area contributed by atoms with Crippen LogP contribution in [0.25, 0.3) is 0 Å². The molecule has 0 aromatic heterocycles. The summed E-state index contributed by atoms with van der Waals surface area (Å²) in [6, 6.07) is 10.3. The fourth-order valence-corrected chi connectivity index (χ4v) is 3.75. The van der Waals surface area contributed by atoms with E-state index in [2.05, 4.69) is 10.5 Å². The van der Waals surface area contributed by atoms with Crippen LogP contribution in [-0.2, 0) is 4.79 Å². The molecule has 0 saturated carbocycles. The molecule has 0 saturated heterocycles. The lowest BCUT2D eigenvalue weighted by Crippen LogP contribution is -2.44. The molecule has 0 atom stereocenters. The first-order valence-corrected chi connectivity index (χ1v) is 9.68. The summed E-state index contributed by atoms with van der Waals surface area (Å²) in [7, 11) is 0. The Bertz CT molecular complexity index is 785. The van der Waals surface area contributed by atoms with Crippen LogP contribution < -0.4 is 10.2 Å². The van der Waals surface area contributed by atoms with Gasteiger partial charge in [0.15, 0.2) is 5.60 Å². The Morgan fingerprint density at radius 3 is 2.36 bits per heavy atom. The highest BCUT2D eigenvalue weighted by Gasteiger charge is 2.29. The van der Waals surface area contributed by atoms with Gasteiger partial charge in [0.2, 0.25) is 0 Å². The lowest BCUT2D eigenvalue weighted by atomic mass is 10.1. The number of hydrogen-bond donors (Lipinski definition) is 2. The minimum Gasteiger partial charge on any atom is -0.506 e. The van der Waals surface area contributed by atoms with Gasteiger partial charge < -0.3 is 9.84 Å². The molecule has 0 radical (unpaired) electrons. The summed E-state index contributed by atoms with van der Waals surface area (Å²) in [4.78, 5) is 12.3. The molecule has 132 valence electrons. The number of carbonyl (C=O) groups is 1. The number of rotatable bonds is 5. The molecule has 0 aliphatic carbocycles. The van der Waals surface area contributed by atoms with Crippen molar-refractivity contribution in [1.82, 2.24) is 5.43 Å². The molecular weight excluding hydrogens is 569 g/mol. The van der Waals surface area contributed by atoms with Gasteiger partial charge in [0.1, 0.15) is 11.5 Å². The zero-order chi connectivity index (χ0) is 18.6. The van der Waals surface area contributed by atoms with E-state index >= 15 is 0 Å². The Labute approximate surface area is 178 Å². The van der Waals surface area contributed by atoms with Crippen molar-refractivity contribution in [3.63, 3.8) is 0 Å². The average molecular weight is 585 g/mol. The van der Waals surface area contributed by atoms with E-state index in [1.54, 1.807) is 50.2 Å². The maximum Gasteiger partial charge on any atom is 0.283 e. The van der Waals surface area contributed by atoms with E-state index in [0.29, 0.717) is 17.9 Å². The Balaban J connectivity index is 2.01. The number of hydrogen-bond acceptors (Lipinski definition) is 4. The number of carbonyl (C=O) groups excluding carboxylic acids is 1. The van der Waals surface area contributed by atoms with Crippen LogP contribution in [0.3, 0.4) is 0 Å². The van der Waals surface area contributed by atoms with Crippen LogP contribution in [0.4, 0.5) is 0 Å².